The summed E-state index contributed by atoms with van der Waals surface area (Å²) in [6.07, 6.45) is 1.90. The summed E-state index contributed by atoms with van der Waals surface area (Å²) >= 11 is 8.30. The van der Waals surface area contributed by atoms with Gasteiger partial charge in [-0.25, -0.2) is 0 Å². The van der Waals surface area contributed by atoms with Crippen LogP contribution in [-0.2, 0) is 4.79 Å². The maximum absolute atomic E-state index is 12.5. The van der Waals surface area contributed by atoms with Gasteiger partial charge in [0.05, 0.1) is 10.6 Å². The SMILES string of the molecule is Cc1ccc(N2C(=O)/C(=C/c3cccs3)SC2=S)cc1. The zero-order valence-corrected chi connectivity index (χ0v) is 13.1. The highest BCUT2D eigenvalue weighted by Crippen LogP contribution is 2.36. The molecule has 1 fully saturated rings. The van der Waals surface area contributed by atoms with Gasteiger partial charge in [0.1, 0.15) is 0 Å². The summed E-state index contributed by atoms with van der Waals surface area (Å²) in [4.78, 5) is 15.8. The van der Waals surface area contributed by atoms with Gasteiger partial charge in [-0.2, -0.15) is 0 Å². The molecule has 1 aliphatic heterocycles. The summed E-state index contributed by atoms with van der Waals surface area (Å²) in [6.45, 7) is 2.02. The molecule has 0 spiro atoms. The molecule has 5 heteroatoms. The van der Waals surface area contributed by atoms with Crippen LogP contribution < -0.4 is 4.90 Å². The van der Waals surface area contributed by atoms with Crippen molar-refractivity contribution in [3.05, 3.63) is 57.1 Å². The third kappa shape index (κ3) is 2.57. The van der Waals surface area contributed by atoms with E-state index in [0.29, 0.717) is 9.23 Å². The van der Waals surface area contributed by atoms with Gasteiger partial charge in [-0.05, 0) is 36.6 Å². The van der Waals surface area contributed by atoms with Gasteiger partial charge in [-0.15, -0.1) is 11.3 Å². The first-order valence-electron chi connectivity index (χ1n) is 6.03. The molecule has 1 aromatic carbocycles. The number of carbonyl (C=O) groups excluding carboxylic acids is 1. The van der Waals surface area contributed by atoms with Gasteiger partial charge in [-0.1, -0.05) is 47.7 Å². The fourth-order valence-corrected chi connectivity index (χ4v) is 3.91. The second-order valence-corrected chi connectivity index (χ2v) is 7.02. The number of benzene rings is 1. The van der Waals surface area contributed by atoms with Crippen molar-refractivity contribution in [1.82, 2.24) is 0 Å². The first-order chi connectivity index (χ1) is 9.65. The minimum Gasteiger partial charge on any atom is -0.268 e. The number of amides is 1. The molecule has 1 amide bonds. The van der Waals surface area contributed by atoms with E-state index in [2.05, 4.69) is 0 Å². The van der Waals surface area contributed by atoms with Gasteiger partial charge in [0.2, 0.25) is 0 Å². The Bertz CT molecular complexity index is 686. The van der Waals surface area contributed by atoms with Crippen LogP contribution in [0.5, 0.6) is 0 Å². The number of thioether (sulfide) groups is 1. The van der Waals surface area contributed by atoms with Crippen molar-refractivity contribution in [3.63, 3.8) is 0 Å². The van der Waals surface area contributed by atoms with Crippen molar-refractivity contribution in [2.45, 2.75) is 6.92 Å². The van der Waals surface area contributed by atoms with Crippen LogP contribution in [0.2, 0.25) is 0 Å². The third-order valence-electron chi connectivity index (χ3n) is 2.90. The van der Waals surface area contributed by atoms with Gasteiger partial charge in [0.15, 0.2) is 4.32 Å². The van der Waals surface area contributed by atoms with E-state index in [-0.39, 0.29) is 5.91 Å². The Kier molecular flexibility index (Phi) is 3.74. The van der Waals surface area contributed by atoms with Crippen molar-refractivity contribution >= 4 is 57.3 Å². The maximum atomic E-state index is 12.5. The number of anilines is 1. The van der Waals surface area contributed by atoms with Gasteiger partial charge >= 0.3 is 0 Å². The molecular weight excluding hydrogens is 306 g/mol. The molecule has 0 aliphatic carbocycles. The van der Waals surface area contributed by atoms with Crippen LogP contribution in [0.25, 0.3) is 6.08 Å². The fourth-order valence-electron chi connectivity index (χ4n) is 1.89. The van der Waals surface area contributed by atoms with Gasteiger partial charge in [-0.3, -0.25) is 9.69 Å². The molecule has 0 saturated carbocycles. The number of rotatable bonds is 2. The summed E-state index contributed by atoms with van der Waals surface area (Å²) in [5, 5.41) is 1.99. The number of thiocarbonyl (C=S) groups is 1. The van der Waals surface area contributed by atoms with Crippen LogP contribution in [0.15, 0.2) is 46.7 Å². The highest BCUT2D eigenvalue weighted by molar-refractivity contribution is 8.27. The zero-order chi connectivity index (χ0) is 14.1. The van der Waals surface area contributed by atoms with E-state index in [9.17, 15) is 4.79 Å². The molecule has 2 nitrogen and oxygen atoms in total. The van der Waals surface area contributed by atoms with Crippen molar-refractivity contribution in [2.24, 2.45) is 0 Å². The molecule has 20 heavy (non-hydrogen) atoms. The monoisotopic (exact) mass is 317 g/mol. The molecule has 0 atom stereocenters. The molecule has 1 aromatic heterocycles. The van der Waals surface area contributed by atoms with E-state index in [1.54, 1.807) is 16.2 Å². The summed E-state index contributed by atoms with van der Waals surface area (Å²) in [5.74, 6) is -0.0442. The topological polar surface area (TPSA) is 20.3 Å². The Balaban J connectivity index is 1.93. The number of carbonyl (C=O) groups is 1. The Morgan fingerprint density at radius 2 is 1.95 bits per heavy atom. The molecule has 3 rings (SSSR count). The van der Waals surface area contributed by atoms with E-state index in [0.717, 1.165) is 16.1 Å². The van der Waals surface area contributed by atoms with Crippen molar-refractivity contribution < 1.29 is 4.79 Å². The minimum absolute atomic E-state index is 0.0442. The fraction of sp³-hybridized carbons (Fsp3) is 0.0667. The summed E-state index contributed by atoms with van der Waals surface area (Å²) in [5.41, 5.74) is 1.99. The van der Waals surface area contributed by atoms with Crippen molar-refractivity contribution in [1.29, 1.82) is 0 Å². The zero-order valence-electron chi connectivity index (χ0n) is 10.7. The molecule has 0 N–H and O–H groups in total. The van der Waals surface area contributed by atoms with Gasteiger partial charge < -0.3 is 0 Å². The Hall–Kier alpha value is -1.43. The third-order valence-corrected chi connectivity index (χ3v) is 5.02. The number of hydrogen-bond donors (Lipinski definition) is 0. The van der Waals surface area contributed by atoms with Crippen molar-refractivity contribution in [2.75, 3.05) is 4.90 Å². The van der Waals surface area contributed by atoms with Crippen LogP contribution in [0.4, 0.5) is 5.69 Å². The smallest absolute Gasteiger partial charge is 0.268 e. The molecule has 2 aromatic rings. The minimum atomic E-state index is -0.0442. The number of thiophene rings is 1. The Labute approximate surface area is 131 Å². The summed E-state index contributed by atoms with van der Waals surface area (Å²) < 4.78 is 0.585. The lowest BCUT2D eigenvalue weighted by atomic mass is 10.2. The number of hydrogen-bond acceptors (Lipinski definition) is 4. The molecule has 1 aliphatic rings. The van der Waals surface area contributed by atoms with Crippen LogP contribution in [-0.4, -0.2) is 10.2 Å². The second-order valence-electron chi connectivity index (χ2n) is 4.37. The summed E-state index contributed by atoms with van der Waals surface area (Å²) in [7, 11) is 0. The molecule has 0 bridgehead atoms. The predicted molar refractivity (Wildman–Crippen MR) is 91.2 cm³/mol. The maximum Gasteiger partial charge on any atom is 0.270 e. The molecule has 100 valence electrons. The standard InChI is InChI=1S/C15H11NOS3/c1-10-4-6-11(7-5-10)16-14(17)13(20-15(16)18)9-12-3-2-8-19-12/h2-9H,1H3/b13-9-. The lowest BCUT2D eigenvalue weighted by molar-refractivity contribution is -0.113. The second kappa shape index (κ2) is 5.52. The first kappa shape index (κ1) is 13.5. The van der Waals surface area contributed by atoms with Gasteiger partial charge in [0.25, 0.3) is 5.91 Å². The average molecular weight is 317 g/mol. The highest BCUT2D eigenvalue weighted by Gasteiger charge is 2.33. The van der Waals surface area contributed by atoms with Crippen LogP contribution in [0, 0.1) is 6.92 Å². The predicted octanol–water partition coefficient (Wildman–Crippen LogP) is 4.46. The van der Waals surface area contributed by atoms with E-state index in [4.69, 9.17) is 12.2 Å². The first-order valence-corrected chi connectivity index (χ1v) is 8.14. The number of nitrogens with zero attached hydrogens (tertiary/aromatic N) is 1. The van der Waals surface area contributed by atoms with Gasteiger partial charge in [0, 0.05) is 4.88 Å². The molecule has 0 unspecified atom stereocenters. The van der Waals surface area contributed by atoms with E-state index in [1.807, 2.05) is 54.8 Å². The lowest BCUT2D eigenvalue weighted by Crippen LogP contribution is -2.27. The highest BCUT2D eigenvalue weighted by atomic mass is 32.2. The lowest BCUT2D eigenvalue weighted by Gasteiger charge is -2.14. The molecule has 0 radical (unpaired) electrons. The van der Waals surface area contributed by atoms with E-state index in [1.165, 1.54) is 11.8 Å². The van der Waals surface area contributed by atoms with E-state index < -0.39 is 0 Å². The Morgan fingerprint density at radius 3 is 2.60 bits per heavy atom. The summed E-state index contributed by atoms with van der Waals surface area (Å²) in [6, 6.07) is 11.8. The molecule has 1 saturated heterocycles. The number of aryl methyl sites for hydroxylation is 1. The Morgan fingerprint density at radius 1 is 1.20 bits per heavy atom. The van der Waals surface area contributed by atoms with Crippen LogP contribution >= 0.6 is 35.3 Å². The largest absolute Gasteiger partial charge is 0.270 e. The van der Waals surface area contributed by atoms with Crippen molar-refractivity contribution in [3.8, 4) is 0 Å². The van der Waals surface area contributed by atoms with E-state index >= 15 is 0 Å². The van der Waals surface area contributed by atoms with Crippen LogP contribution in [0.3, 0.4) is 0 Å². The molecule has 2 heterocycles. The quantitative estimate of drug-likeness (QED) is 0.602. The average Bonchev–Trinajstić information content (AvgIpc) is 3.02. The normalized spacial score (nSPS) is 17.2. The molecular formula is C15H11NOS3. The van der Waals surface area contributed by atoms with Crippen LogP contribution in [0.1, 0.15) is 10.4 Å².